The van der Waals surface area contributed by atoms with Gasteiger partial charge in [0.1, 0.15) is 13.2 Å². The second-order valence-electron chi connectivity index (χ2n) is 19.5. The largest absolute Gasteiger partial charge is 0.462 e. The van der Waals surface area contributed by atoms with Crippen LogP contribution >= 0.6 is 0 Å². The fraction of sp³-hybridized carbons (Fsp3) is 0.734. The topological polar surface area (TPSA) is 78.9 Å². The molecule has 0 saturated carbocycles. The van der Waals surface area contributed by atoms with E-state index in [0.29, 0.717) is 19.3 Å². The summed E-state index contributed by atoms with van der Waals surface area (Å²) in [5.41, 5.74) is 0. The number of unbranched alkanes of at least 4 members (excludes halogenated alkanes) is 29. The van der Waals surface area contributed by atoms with Gasteiger partial charge in [0.05, 0.1) is 0 Å². The van der Waals surface area contributed by atoms with E-state index < -0.39 is 6.10 Å². The summed E-state index contributed by atoms with van der Waals surface area (Å²) in [5.74, 6) is -0.916. The van der Waals surface area contributed by atoms with Gasteiger partial charge in [0.25, 0.3) is 0 Å². The minimum absolute atomic E-state index is 0.0895. The van der Waals surface area contributed by atoms with Gasteiger partial charge in [-0.05, 0) is 109 Å². The van der Waals surface area contributed by atoms with Crippen molar-refractivity contribution in [3.63, 3.8) is 0 Å². The Morgan fingerprint density at radius 1 is 0.314 bits per heavy atom. The average molecular weight is 976 g/mol. The Kier molecular flexibility index (Phi) is 55.3. The van der Waals surface area contributed by atoms with Crippen LogP contribution in [0.5, 0.6) is 0 Å². The van der Waals surface area contributed by atoms with Gasteiger partial charge in [0.2, 0.25) is 0 Å². The van der Waals surface area contributed by atoms with Gasteiger partial charge in [0, 0.05) is 19.3 Å². The molecular weight excluding hydrogens is 865 g/mol. The molecule has 0 heterocycles. The van der Waals surface area contributed by atoms with E-state index in [1.165, 1.54) is 128 Å². The summed E-state index contributed by atoms with van der Waals surface area (Å²) >= 11 is 0. The molecule has 0 amide bonds. The predicted molar refractivity (Wildman–Crippen MR) is 302 cm³/mol. The van der Waals surface area contributed by atoms with Crippen LogP contribution in [0.25, 0.3) is 0 Å². The van der Waals surface area contributed by atoms with Crippen molar-refractivity contribution in [1.82, 2.24) is 0 Å². The van der Waals surface area contributed by atoms with Crippen LogP contribution in [-0.4, -0.2) is 37.2 Å². The second-order valence-corrected chi connectivity index (χ2v) is 19.5. The van der Waals surface area contributed by atoms with E-state index in [2.05, 4.69) is 106 Å². The third kappa shape index (κ3) is 55.5. The lowest BCUT2D eigenvalue weighted by atomic mass is 10.1. The van der Waals surface area contributed by atoms with Gasteiger partial charge in [-0.15, -0.1) is 0 Å². The zero-order chi connectivity index (χ0) is 50.7. The van der Waals surface area contributed by atoms with Crippen LogP contribution in [0.3, 0.4) is 0 Å². The first-order valence-corrected chi connectivity index (χ1v) is 29.6. The maximum absolute atomic E-state index is 12.9. The summed E-state index contributed by atoms with van der Waals surface area (Å²) in [6, 6.07) is 0. The molecule has 0 fully saturated rings. The van der Waals surface area contributed by atoms with Gasteiger partial charge in [-0.25, -0.2) is 0 Å². The molecule has 0 aliphatic carbocycles. The SMILES string of the molecule is CC/C=C\C/C=C\C/C=C\C/C=C\CCCCCCCCC(=O)OCC(COC(=O)CCCCCCCCC/C=C\CCCCCC)OC(=O)CCCCCCC/C=C\C=C/CCCCCCCCC. The first-order chi connectivity index (χ1) is 34.5. The highest BCUT2D eigenvalue weighted by Crippen LogP contribution is 2.15. The summed E-state index contributed by atoms with van der Waals surface area (Å²) in [5, 5.41) is 0. The van der Waals surface area contributed by atoms with Gasteiger partial charge in [-0.3, -0.25) is 14.4 Å². The van der Waals surface area contributed by atoms with Crippen molar-refractivity contribution in [3.8, 4) is 0 Å². The van der Waals surface area contributed by atoms with E-state index in [0.717, 1.165) is 116 Å². The maximum atomic E-state index is 12.9. The number of carbonyl (C=O) groups excluding carboxylic acids is 3. The number of allylic oxidation sites excluding steroid dienone is 14. The molecule has 1 atom stereocenters. The first-order valence-electron chi connectivity index (χ1n) is 29.6. The van der Waals surface area contributed by atoms with Crippen molar-refractivity contribution in [3.05, 3.63) is 85.1 Å². The Balaban J connectivity index is 4.44. The Bertz CT molecular complexity index is 1350. The summed E-state index contributed by atoms with van der Waals surface area (Å²) < 4.78 is 16.9. The summed E-state index contributed by atoms with van der Waals surface area (Å²) in [4.78, 5) is 38.2. The molecule has 0 rings (SSSR count). The fourth-order valence-electron chi connectivity index (χ4n) is 8.18. The van der Waals surface area contributed by atoms with Crippen molar-refractivity contribution < 1.29 is 28.6 Å². The number of esters is 3. The molecule has 0 bridgehead atoms. The zero-order valence-electron chi connectivity index (χ0n) is 46.0. The highest BCUT2D eigenvalue weighted by molar-refractivity contribution is 5.71. The standard InChI is InChI=1S/C64H110O6/c1-4-7-10-13-16-19-22-25-28-30-32-34-36-39-42-45-48-51-54-57-63(66)69-60-61(59-68-62(65)56-53-50-47-44-41-38-35-27-24-21-18-15-12-9-6-3)70-64(67)58-55-52-49-46-43-40-37-33-31-29-26-23-20-17-14-11-8-5-2/h7,10,16,19,21,24-25,28-29,31-34,37,61H,4-6,8-9,11-15,17-18,20,22-23,26-27,30,35-36,38-60H2,1-3H3/b10-7-,19-16-,24-21-,28-25-,31-29-,34-32-,37-33-. The van der Waals surface area contributed by atoms with E-state index in [9.17, 15) is 14.4 Å². The van der Waals surface area contributed by atoms with Crippen LogP contribution in [0, 0.1) is 0 Å². The molecule has 70 heavy (non-hydrogen) atoms. The number of rotatable bonds is 53. The van der Waals surface area contributed by atoms with Crippen molar-refractivity contribution in [2.24, 2.45) is 0 Å². The highest BCUT2D eigenvalue weighted by atomic mass is 16.6. The van der Waals surface area contributed by atoms with Crippen LogP contribution in [0.15, 0.2) is 85.1 Å². The van der Waals surface area contributed by atoms with E-state index in [1.807, 2.05) is 0 Å². The molecule has 6 nitrogen and oxygen atoms in total. The predicted octanol–water partition coefficient (Wildman–Crippen LogP) is 19.9. The smallest absolute Gasteiger partial charge is 0.306 e. The van der Waals surface area contributed by atoms with Gasteiger partial charge in [0.15, 0.2) is 6.10 Å². The second kappa shape index (κ2) is 58.2. The molecular formula is C64H110O6. The third-order valence-corrected chi connectivity index (χ3v) is 12.6. The van der Waals surface area contributed by atoms with Gasteiger partial charge in [-0.1, -0.05) is 241 Å². The van der Waals surface area contributed by atoms with E-state index in [1.54, 1.807) is 0 Å². The van der Waals surface area contributed by atoms with Crippen LogP contribution in [0.1, 0.15) is 284 Å². The molecule has 0 aromatic rings. The molecule has 0 aromatic carbocycles. The van der Waals surface area contributed by atoms with Crippen molar-refractivity contribution >= 4 is 17.9 Å². The maximum Gasteiger partial charge on any atom is 0.306 e. The quantitative estimate of drug-likeness (QED) is 0.0199. The third-order valence-electron chi connectivity index (χ3n) is 12.6. The average Bonchev–Trinajstić information content (AvgIpc) is 3.36. The number of carbonyl (C=O) groups is 3. The Morgan fingerprint density at radius 3 is 0.986 bits per heavy atom. The van der Waals surface area contributed by atoms with Crippen molar-refractivity contribution in [2.45, 2.75) is 290 Å². The van der Waals surface area contributed by atoms with Crippen LogP contribution < -0.4 is 0 Å². The molecule has 0 aliphatic rings. The van der Waals surface area contributed by atoms with Crippen LogP contribution in [0.4, 0.5) is 0 Å². The lowest BCUT2D eigenvalue weighted by Gasteiger charge is -2.18. The molecule has 402 valence electrons. The van der Waals surface area contributed by atoms with Crippen molar-refractivity contribution in [1.29, 1.82) is 0 Å². The fourth-order valence-corrected chi connectivity index (χ4v) is 8.18. The number of hydrogen-bond acceptors (Lipinski definition) is 6. The number of ether oxygens (including phenoxy) is 3. The summed E-state index contributed by atoms with van der Waals surface area (Å²) in [7, 11) is 0. The molecule has 0 radical (unpaired) electrons. The molecule has 0 spiro atoms. The molecule has 0 aromatic heterocycles. The monoisotopic (exact) mass is 975 g/mol. The van der Waals surface area contributed by atoms with Crippen molar-refractivity contribution in [2.75, 3.05) is 13.2 Å². The Morgan fingerprint density at radius 2 is 0.600 bits per heavy atom. The zero-order valence-corrected chi connectivity index (χ0v) is 46.0. The minimum Gasteiger partial charge on any atom is -0.462 e. The van der Waals surface area contributed by atoms with Gasteiger partial charge >= 0.3 is 17.9 Å². The lowest BCUT2D eigenvalue weighted by molar-refractivity contribution is -0.167. The Hall–Kier alpha value is -3.41. The van der Waals surface area contributed by atoms with Crippen LogP contribution in [0.2, 0.25) is 0 Å². The Labute approximate surface area is 433 Å². The molecule has 0 saturated heterocycles. The van der Waals surface area contributed by atoms with E-state index in [4.69, 9.17) is 14.2 Å². The van der Waals surface area contributed by atoms with E-state index in [-0.39, 0.29) is 31.1 Å². The van der Waals surface area contributed by atoms with Gasteiger partial charge in [-0.2, -0.15) is 0 Å². The van der Waals surface area contributed by atoms with Crippen LogP contribution in [-0.2, 0) is 28.6 Å². The number of hydrogen-bond donors (Lipinski definition) is 0. The van der Waals surface area contributed by atoms with Gasteiger partial charge < -0.3 is 14.2 Å². The first kappa shape index (κ1) is 66.6. The normalized spacial score (nSPS) is 12.7. The van der Waals surface area contributed by atoms with E-state index >= 15 is 0 Å². The highest BCUT2D eigenvalue weighted by Gasteiger charge is 2.19. The molecule has 0 aliphatic heterocycles. The molecule has 0 N–H and O–H groups in total. The minimum atomic E-state index is -0.794. The summed E-state index contributed by atoms with van der Waals surface area (Å²) in [6.07, 6.45) is 75.7. The summed E-state index contributed by atoms with van der Waals surface area (Å²) in [6.45, 7) is 6.50. The molecule has 6 heteroatoms. The molecule has 1 unspecified atom stereocenters. The lowest BCUT2D eigenvalue weighted by Crippen LogP contribution is -2.30.